The molecule has 0 fully saturated rings. The van der Waals surface area contributed by atoms with Crippen LogP contribution in [0.1, 0.15) is 36.1 Å². The smallest absolute Gasteiger partial charge is 0.244 e. The van der Waals surface area contributed by atoms with Gasteiger partial charge < -0.3 is 10.2 Å². The van der Waals surface area contributed by atoms with Crippen molar-refractivity contribution in [2.24, 2.45) is 5.92 Å². The maximum atomic E-state index is 14.1. The average Bonchev–Trinajstić information content (AvgIpc) is 2.90. The van der Waals surface area contributed by atoms with Crippen LogP contribution in [-0.4, -0.2) is 50.5 Å². The summed E-state index contributed by atoms with van der Waals surface area (Å²) in [5.74, 6) is -0.566. The molecule has 7 nitrogen and oxygen atoms in total. The Kier molecular flexibility index (Phi) is 10.8. The van der Waals surface area contributed by atoms with E-state index in [2.05, 4.69) is 5.32 Å². The van der Waals surface area contributed by atoms with Crippen molar-refractivity contribution in [1.82, 2.24) is 10.2 Å². The van der Waals surface area contributed by atoms with E-state index in [0.717, 1.165) is 32.8 Å². The molecule has 0 aromatic heterocycles. The fraction of sp³-hybridized carbons (Fsp3) is 0.355. The Labute approximate surface area is 243 Å². The Balaban J connectivity index is 2.05. The zero-order valence-corrected chi connectivity index (χ0v) is 25.3. The maximum absolute atomic E-state index is 14.1. The van der Waals surface area contributed by atoms with Gasteiger partial charge in [0.05, 0.1) is 11.9 Å². The fourth-order valence-electron chi connectivity index (χ4n) is 4.26. The van der Waals surface area contributed by atoms with Crippen LogP contribution < -0.4 is 9.62 Å². The summed E-state index contributed by atoms with van der Waals surface area (Å²) in [6.45, 7) is 7.93. The van der Waals surface area contributed by atoms with Crippen LogP contribution in [0.25, 0.3) is 0 Å². The largest absolute Gasteiger partial charge is 0.354 e. The highest BCUT2D eigenvalue weighted by Crippen LogP contribution is 2.23. The number of carbonyl (C=O) groups is 2. The van der Waals surface area contributed by atoms with Crippen LogP contribution in [0.4, 0.5) is 5.69 Å². The second-order valence-electron chi connectivity index (χ2n) is 10.5. The third kappa shape index (κ3) is 8.83. The number of anilines is 1. The normalized spacial score (nSPS) is 12.2. The second kappa shape index (κ2) is 13.8. The van der Waals surface area contributed by atoms with Gasteiger partial charge in [-0.05, 0) is 66.3 Å². The maximum Gasteiger partial charge on any atom is 0.244 e. The van der Waals surface area contributed by atoms with Gasteiger partial charge in [-0.3, -0.25) is 13.9 Å². The number of benzene rings is 3. The van der Waals surface area contributed by atoms with Crippen molar-refractivity contribution in [2.75, 3.05) is 23.7 Å². The first-order valence-corrected chi connectivity index (χ1v) is 15.5. The third-order valence-corrected chi connectivity index (χ3v) is 8.07. The van der Waals surface area contributed by atoms with Crippen molar-refractivity contribution >= 4 is 39.1 Å². The number of hydrogen-bond acceptors (Lipinski definition) is 4. The van der Waals surface area contributed by atoms with Gasteiger partial charge in [0, 0.05) is 24.5 Å². The van der Waals surface area contributed by atoms with Crippen molar-refractivity contribution in [3.05, 3.63) is 100 Å². The molecule has 40 heavy (non-hydrogen) atoms. The molecule has 3 aromatic rings. The Morgan fingerprint density at radius 3 is 2.12 bits per heavy atom. The Bertz CT molecular complexity index is 1410. The van der Waals surface area contributed by atoms with Gasteiger partial charge in [-0.1, -0.05) is 74.0 Å². The topological polar surface area (TPSA) is 86.8 Å². The van der Waals surface area contributed by atoms with Crippen LogP contribution in [-0.2, 0) is 32.6 Å². The molecule has 0 radical (unpaired) electrons. The first-order valence-electron chi connectivity index (χ1n) is 13.3. The zero-order valence-electron chi connectivity index (χ0n) is 23.7. The van der Waals surface area contributed by atoms with E-state index in [1.807, 2.05) is 64.1 Å². The summed E-state index contributed by atoms with van der Waals surface area (Å²) in [5.41, 5.74) is 3.97. The quantitative estimate of drug-likeness (QED) is 0.320. The predicted octanol–water partition coefficient (Wildman–Crippen LogP) is 5.14. The molecule has 3 rings (SSSR count). The summed E-state index contributed by atoms with van der Waals surface area (Å²) in [6, 6.07) is 20.9. The molecule has 214 valence electrons. The number of rotatable bonds is 12. The van der Waals surface area contributed by atoms with Crippen molar-refractivity contribution in [1.29, 1.82) is 0 Å². The number of carbonyl (C=O) groups excluding carboxylic acids is 2. The van der Waals surface area contributed by atoms with Gasteiger partial charge in [-0.15, -0.1) is 0 Å². The van der Waals surface area contributed by atoms with Crippen molar-refractivity contribution in [2.45, 2.75) is 46.7 Å². The first-order chi connectivity index (χ1) is 18.8. The van der Waals surface area contributed by atoms with E-state index in [1.54, 1.807) is 36.4 Å². The van der Waals surface area contributed by atoms with Gasteiger partial charge in [-0.2, -0.15) is 0 Å². The van der Waals surface area contributed by atoms with Gasteiger partial charge in [0.15, 0.2) is 0 Å². The number of hydrogen-bond donors (Lipinski definition) is 1. The highest BCUT2D eigenvalue weighted by Gasteiger charge is 2.33. The third-order valence-electron chi connectivity index (χ3n) is 6.68. The molecule has 0 spiro atoms. The van der Waals surface area contributed by atoms with E-state index in [9.17, 15) is 18.0 Å². The molecule has 0 aliphatic carbocycles. The minimum atomic E-state index is -3.81. The summed E-state index contributed by atoms with van der Waals surface area (Å²) in [7, 11) is -3.81. The number of nitrogens with zero attached hydrogens (tertiary/aromatic N) is 2. The lowest BCUT2D eigenvalue weighted by molar-refractivity contribution is -0.140. The monoisotopic (exact) mass is 583 g/mol. The fourth-order valence-corrected chi connectivity index (χ4v) is 5.22. The zero-order chi connectivity index (χ0) is 29.4. The molecule has 1 unspecified atom stereocenters. The number of sulfonamides is 1. The molecular weight excluding hydrogens is 546 g/mol. The Morgan fingerprint density at radius 2 is 1.55 bits per heavy atom. The van der Waals surface area contributed by atoms with Crippen LogP contribution in [0.15, 0.2) is 72.8 Å². The molecule has 3 aromatic carbocycles. The van der Waals surface area contributed by atoms with E-state index in [0.29, 0.717) is 17.3 Å². The van der Waals surface area contributed by atoms with Gasteiger partial charge in [0.2, 0.25) is 21.8 Å². The molecule has 1 atom stereocenters. The minimum absolute atomic E-state index is 0.104. The number of nitrogens with one attached hydrogen (secondary N) is 1. The van der Waals surface area contributed by atoms with E-state index < -0.39 is 28.5 Å². The highest BCUT2D eigenvalue weighted by molar-refractivity contribution is 7.92. The molecule has 0 saturated heterocycles. The van der Waals surface area contributed by atoms with E-state index in [-0.39, 0.29) is 24.8 Å². The van der Waals surface area contributed by atoms with Gasteiger partial charge in [0.25, 0.3) is 0 Å². The molecule has 0 saturated carbocycles. The van der Waals surface area contributed by atoms with Crippen LogP contribution >= 0.6 is 11.6 Å². The number of halogens is 1. The standard InChI is InChI=1S/C31H38ClN3O4S/c1-22(2)19-33-31(37)29(18-25-9-7-6-8-10-25)34(20-26-12-14-27(32)15-13-26)30(36)21-35(40(5,38)39)28-16-11-23(3)24(4)17-28/h6-17,22,29H,18-21H2,1-5H3,(H,33,37). The molecule has 1 N–H and O–H groups in total. The minimum Gasteiger partial charge on any atom is -0.354 e. The highest BCUT2D eigenvalue weighted by atomic mass is 35.5. The van der Waals surface area contributed by atoms with Crippen LogP contribution in [0, 0.1) is 19.8 Å². The van der Waals surface area contributed by atoms with Crippen molar-refractivity contribution < 1.29 is 18.0 Å². The molecule has 2 amide bonds. The first kappa shape index (κ1) is 31.2. The Hall–Kier alpha value is -3.36. The summed E-state index contributed by atoms with van der Waals surface area (Å²) in [5, 5.41) is 3.53. The lowest BCUT2D eigenvalue weighted by atomic mass is 10.0. The SMILES string of the molecule is Cc1ccc(N(CC(=O)N(Cc2ccc(Cl)cc2)C(Cc2ccccc2)C(=O)NCC(C)C)S(C)(=O)=O)cc1C. The van der Waals surface area contributed by atoms with Crippen LogP contribution in [0.5, 0.6) is 0 Å². The number of aryl methyl sites for hydroxylation is 2. The average molecular weight is 584 g/mol. The molecule has 0 aliphatic rings. The van der Waals surface area contributed by atoms with Crippen LogP contribution in [0.2, 0.25) is 5.02 Å². The molecule has 0 heterocycles. The van der Waals surface area contributed by atoms with Gasteiger partial charge in [-0.25, -0.2) is 8.42 Å². The van der Waals surface area contributed by atoms with Gasteiger partial charge >= 0.3 is 0 Å². The van der Waals surface area contributed by atoms with E-state index in [1.165, 1.54) is 4.90 Å². The molecule has 0 bridgehead atoms. The predicted molar refractivity (Wildman–Crippen MR) is 162 cm³/mol. The molecular formula is C31H38ClN3O4S. The van der Waals surface area contributed by atoms with E-state index in [4.69, 9.17) is 11.6 Å². The molecule has 9 heteroatoms. The summed E-state index contributed by atoms with van der Waals surface area (Å²) in [6.07, 6.45) is 1.35. The lowest BCUT2D eigenvalue weighted by Crippen LogP contribution is -2.53. The van der Waals surface area contributed by atoms with Crippen molar-refractivity contribution in [3.63, 3.8) is 0 Å². The van der Waals surface area contributed by atoms with Gasteiger partial charge in [0.1, 0.15) is 12.6 Å². The van der Waals surface area contributed by atoms with Crippen molar-refractivity contribution in [3.8, 4) is 0 Å². The summed E-state index contributed by atoms with van der Waals surface area (Å²) in [4.78, 5) is 29.2. The lowest BCUT2D eigenvalue weighted by Gasteiger charge is -2.33. The Morgan fingerprint density at radius 1 is 0.900 bits per heavy atom. The van der Waals surface area contributed by atoms with E-state index >= 15 is 0 Å². The summed E-state index contributed by atoms with van der Waals surface area (Å²) < 4.78 is 26.9. The second-order valence-corrected chi connectivity index (χ2v) is 12.9. The summed E-state index contributed by atoms with van der Waals surface area (Å²) >= 11 is 6.09. The molecule has 0 aliphatic heterocycles. The number of amides is 2. The van der Waals surface area contributed by atoms with Crippen LogP contribution in [0.3, 0.4) is 0 Å².